The largest absolute Gasteiger partial charge is 0.478 e. The monoisotopic (exact) mass is 269 g/mol. The summed E-state index contributed by atoms with van der Waals surface area (Å²) in [4.78, 5) is 12.0. The topological polar surface area (TPSA) is 63.3 Å². The molecule has 0 unspecified atom stereocenters. The first-order valence-corrected chi connectivity index (χ1v) is 6.58. The van der Waals surface area contributed by atoms with Crippen LogP contribution in [0.1, 0.15) is 10.4 Å². The molecule has 0 fully saturated rings. The van der Waals surface area contributed by atoms with Gasteiger partial charge in [0.25, 0.3) is 0 Å². The average Bonchev–Trinajstić information content (AvgIpc) is 2.81. The maximum absolute atomic E-state index is 10.9. The zero-order chi connectivity index (χ0) is 13.4. The van der Waals surface area contributed by atoms with Crippen LogP contribution in [0.25, 0.3) is 20.5 Å². The SMILES string of the molecule is Nc1cc(-c2cc3ccccc3s2)ccc1C(=O)O. The molecule has 0 aliphatic rings. The molecule has 3 aromatic rings. The third-order valence-corrected chi connectivity index (χ3v) is 4.16. The van der Waals surface area contributed by atoms with Gasteiger partial charge in [0.1, 0.15) is 0 Å². The van der Waals surface area contributed by atoms with Crippen LogP contribution in [0, 0.1) is 0 Å². The van der Waals surface area contributed by atoms with Crippen LogP contribution in [-0.2, 0) is 0 Å². The highest BCUT2D eigenvalue weighted by molar-refractivity contribution is 7.22. The van der Waals surface area contributed by atoms with Crippen LogP contribution in [0.5, 0.6) is 0 Å². The summed E-state index contributed by atoms with van der Waals surface area (Å²) in [5, 5.41) is 10.1. The summed E-state index contributed by atoms with van der Waals surface area (Å²) in [6.45, 7) is 0. The third kappa shape index (κ3) is 2.06. The quantitative estimate of drug-likeness (QED) is 0.694. The van der Waals surface area contributed by atoms with Crippen LogP contribution in [0.3, 0.4) is 0 Å². The second-order valence-electron chi connectivity index (χ2n) is 4.26. The van der Waals surface area contributed by atoms with Gasteiger partial charge in [-0.2, -0.15) is 0 Å². The third-order valence-electron chi connectivity index (χ3n) is 2.99. The van der Waals surface area contributed by atoms with Crippen molar-refractivity contribution in [1.29, 1.82) is 0 Å². The molecule has 4 heteroatoms. The van der Waals surface area contributed by atoms with Crippen LogP contribution in [-0.4, -0.2) is 11.1 Å². The number of carbonyl (C=O) groups is 1. The normalized spacial score (nSPS) is 10.7. The van der Waals surface area contributed by atoms with E-state index in [-0.39, 0.29) is 5.56 Å². The van der Waals surface area contributed by atoms with E-state index >= 15 is 0 Å². The molecule has 0 atom stereocenters. The van der Waals surface area contributed by atoms with E-state index in [9.17, 15) is 4.79 Å². The first-order chi connectivity index (χ1) is 9.15. The van der Waals surface area contributed by atoms with Gasteiger partial charge in [0.15, 0.2) is 0 Å². The standard InChI is InChI=1S/C15H11NO2S/c16-12-7-10(5-6-11(12)15(17)18)14-8-9-3-1-2-4-13(9)19-14/h1-8H,16H2,(H,17,18). The Kier molecular flexibility index (Phi) is 2.72. The lowest BCUT2D eigenvalue weighted by molar-refractivity contribution is 0.0698. The molecular formula is C15H11NO2S. The molecule has 1 heterocycles. The Morgan fingerprint density at radius 3 is 2.58 bits per heavy atom. The molecule has 1 aromatic heterocycles. The van der Waals surface area contributed by atoms with Crippen molar-refractivity contribution < 1.29 is 9.90 Å². The van der Waals surface area contributed by atoms with E-state index in [0.29, 0.717) is 5.69 Å². The molecule has 0 aliphatic carbocycles. The van der Waals surface area contributed by atoms with Crippen LogP contribution in [0.15, 0.2) is 48.5 Å². The van der Waals surface area contributed by atoms with E-state index in [2.05, 4.69) is 18.2 Å². The Labute approximate surface area is 113 Å². The minimum atomic E-state index is -1.000. The average molecular weight is 269 g/mol. The Morgan fingerprint density at radius 2 is 1.89 bits per heavy atom. The first kappa shape index (κ1) is 11.7. The van der Waals surface area contributed by atoms with Crippen LogP contribution in [0.4, 0.5) is 5.69 Å². The number of nitrogen functional groups attached to an aromatic ring is 1. The Balaban J connectivity index is 2.11. The highest BCUT2D eigenvalue weighted by Crippen LogP contribution is 2.34. The van der Waals surface area contributed by atoms with Crippen molar-refractivity contribution in [2.75, 3.05) is 5.73 Å². The fourth-order valence-electron chi connectivity index (χ4n) is 2.03. The van der Waals surface area contributed by atoms with Gasteiger partial charge in [-0.3, -0.25) is 0 Å². The Bertz CT molecular complexity index is 744. The molecule has 0 bridgehead atoms. The summed E-state index contributed by atoms with van der Waals surface area (Å²) in [5.41, 5.74) is 7.16. The summed E-state index contributed by atoms with van der Waals surface area (Å²) in [6.07, 6.45) is 0. The van der Waals surface area contributed by atoms with Crippen molar-refractivity contribution in [1.82, 2.24) is 0 Å². The van der Waals surface area contributed by atoms with Crippen molar-refractivity contribution in [3.05, 3.63) is 54.1 Å². The number of benzene rings is 2. The number of aromatic carboxylic acids is 1. The minimum Gasteiger partial charge on any atom is -0.478 e. The van der Waals surface area contributed by atoms with Gasteiger partial charge >= 0.3 is 5.97 Å². The lowest BCUT2D eigenvalue weighted by atomic mass is 10.1. The number of rotatable bonds is 2. The number of anilines is 1. The molecule has 3 rings (SSSR count). The lowest BCUT2D eigenvalue weighted by Crippen LogP contribution is -2.01. The maximum Gasteiger partial charge on any atom is 0.337 e. The number of fused-ring (bicyclic) bond motifs is 1. The smallest absolute Gasteiger partial charge is 0.337 e. The van der Waals surface area contributed by atoms with Crippen molar-refractivity contribution in [2.45, 2.75) is 0 Å². The van der Waals surface area contributed by atoms with Gasteiger partial charge in [-0.15, -0.1) is 11.3 Å². The fourth-order valence-corrected chi connectivity index (χ4v) is 3.09. The molecule has 0 saturated carbocycles. The highest BCUT2D eigenvalue weighted by Gasteiger charge is 2.10. The zero-order valence-corrected chi connectivity index (χ0v) is 10.8. The van der Waals surface area contributed by atoms with Gasteiger partial charge in [-0.1, -0.05) is 24.3 Å². The Hall–Kier alpha value is -2.33. The predicted molar refractivity (Wildman–Crippen MR) is 78.6 cm³/mol. The van der Waals surface area contributed by atoms with E-state index in [1.807, 2.05) is 12.1 Å². The van der Waals surface area contributed by atoms with Gasteiger partial charge in [-0.05, 0) is 35.2 Å². The van der Waals surface area contributed by atoms with Gasteiger partial charge in [0, 0.05) is 15.3 Å². The predicted octanol–water partition coefficient (Wildman–Crippen LogP) is 3.85. The molecule has 0 saturated heterocycles. The number of carboxylic acids is 1. The van der Waals surface area contributed by atoms with Crippen molar-refractivity contribution in [3.8, 4) is 10.4 Å². The van der Waals surface area contributed by atoms with E-state index in [1.54, 1.807) is 29.5 Å². The molecule has 0 aliphatic heterocycles. The van der Waals surface area contributed by atoms with Gasteiger partial charge in [0.2, 0.25) is 0 Å². The van der Waals surface area contributed by atoms with Crippen LogP contribution in [0.2, 0.25) is 0 Å². The molecule has 3 N–H and O–H groups in total. The molecule has 3 nitrogen and oxygen atoms in total. The van der Waals surface area contributed by atoms with E-state index in [4.69, 9.17) is 10.8 Å². The molecule has 0 spiro atoms. The maximum atomic E-state index is 10.9. The molecule has 0 radical (unpaired) electrons. The highest BCUT2D eigenvalue weighted by atomic mass is 32.1. The van der Waals surface area contributed by atoms with Crippen molar-refractivity contribution in [3.63, 3.8) is 0 Å². The zero-order valence-electron chi connectivity index (χ0n) is 9.96. The van der Waals surface area contributed by atoms with Crippen LogP contribution >= 0.6 is 11.3 Å². The number of nitrogens with two attached hydrogens (primary N) is 1. The summed E-state index contributed by atoms with van der Waals surface area (Å²) in [6, 6.07) is 15.3. The van der Waals surface area contributed by atoms with Gasteiger partial charge in [0.05, 0.1) is 5.56 Å². The Morgan fingerprint density at radius 1 is 1.11 bits per heavy atom. The lowest BCUT2D eigenvalue weighted by Gasteiger charge is -2.03. The number of carboxylic acid groups (broad SMARTS) is 1. The summed E-state index contributed by atoms with van der Waals surface area (Å²) in [7, 11) is 0. The number of thiophene rings is 1. The van der Waals surface area contributed by atoms with E-state index in [0.717, 1.165) is 10.4 Å². The van der Waals surface area contributed by atoms with E-state index in [1.165, 1.54) is 10.1 Å². The first-order valence-electron chi connectivity index (χ1n) is 5.77. The van der Waals surface area contributed by atoms with Crippen LogP contribution < -0.4 is 5.73 Å². The van der Waals surface area contributed by atoms with Crippen molar-refractivity contribution >= 4 is 33.1 Å². The van der Waals surface area contributed by atoms with Crippen molar-refractivity contribution in [2.24, 2.45) is 0 Å². The summed E-state index contributed by atoms with van der Waals surface area (Å²) >= 11 is 1.67. The number of hydrogen-bond acceptors (Lipinski definition) is 3. The number of hydrogen-bond donors (Lipinski definition) is 2. The summed E-state index contributed by atoms with van der Waals surface area (Å²) < 4.78 is 1.21. The van der Waals surface area contributed by atoms with E-state index < -0.39 is 5.97 Å². The minimum absolute atomic E-state index is 0.143. The molecule has 94 valence electrons. The molecular weight excluding hydrogens is 258 g/mol. The van der Waals surface area contributed by atoms with Gasteiger partial charge in [-0.25, -0.2) is 4.79 Å². The fraction of sp³-hybridized carbons (Fsp3) is 0. The summed E-state index contributed by atoms with van der Waals surface area (Å²) in [5.74, 6) is -1.000. The second-order valence-corrected chi connectivity index (χ2v) is 5.34. The van der Waals surface area contributed by atoms with Gasteiger partial charge < -0.3 is 10.8 Å². The molecule has 19 heavy (non-hydrogen) atoms. The second kappa shape index (κ2) is 4.40. The molecule has 2 aromatic carbocycles. The molecule has 0 amide bonds.